The van der Waals surface area contributed by atoms with E-state index in [0.717, 1.165) is 61.5 Å². The summed E-state index contributed by atoms with van der Waals surface area (Å²) in [5.74, 6) is 0.251. The number of carbonyl (C=O) groups excluding carboxylic acids is 3. The van der Waals surface area contributed by atoms with Crippen molar-refractivity contribution >= 4 is 29.3 Å². The van der Waals surface area contributed by atoms with Crippen molar-refractivity contribution in [3.63, 3.8) is 0 Å². The Kier molecular flexibility index (Phi) is 7.29. The van der Waals surface area contributed by atoms with Crippen molar-refractivity contribution in [3.05, 3.63) is 30.0 Å². The summed E-state index contributed by atoms with van der Waals surface area (Å²) in [6.45, 7) is 7.80. The summed E-state index contributed by atoms with van der Waals surface area (Å²) in [6.07, 6.45) is 5.28. The Bertz CT molecular complexity index is 1210. The summed E-state index contributed by atoms with van der Waals surface area (Å²) in [4.78, 5) is 50.0. The number of fused-ring (bicyclic) bond motifs is 5. The number of carbonyl (C=O) groups is 3. The van der Waals surface area contributed by atoms with E-state index in [1.54, 1.807) is 0 Å². The van der Waals surface area contributed by atoms with Crippen LogP contribution in [0.25, 0.3) is 11.0 Å². The first-order valence-electron chi connectivity index (χ1n) is 13.8. The van der Waals surface area contributed by atoms with Gasteiger partial charge in [0.25, 0.3) is 0 Å². The van der Waals surface area contributed by atoms with Gasteiger partial charge in [-0.15, -0.1) is 0 Å². The molecule has 9 heteroatoms. The quantitative estimate of drug-likeness (QED) is 0.562. The van der Waals surface area contributed by atoms with E-state index in [9.17, 15) is 14.4 Å². The van der Waals surface area contributed by atoms with Gasteiger partial charge >= 0.3 is 6.09 Å². The molecule has 1 saturated heterocycles. The van der Waals surface area contributed by atoms with Crippen LogP contribution in [-0.2, 0) is 20.7 Å². The van der Waals surface area contributed by atoms with E-state index >= 15 is 0 Å². The number of benzene rings is 1. The van der Waals surface area contributed by atoms with Gasteiger partial charge in [0, 0.05) is 5.92 Å². The van der Waals surface area contributed by atoms with Crippen molar-refractivity contribution in [2.45, 2.75) is 90.5 Å². The lowest BCUT2D eigenvalue weighted by Gasteiger charge is -2.34. The van der Waals surface area contributed by atoms with E-state index in [4.69, 9.17) is 19.4 Å². The molecule has 9 nitrogen and oxygen atoms in total. The summed E-state index contributed by atoms with van der Waals surface area (Å²) in [5, 5.41) is 2.81. The number of ether oxygens (including phenoxy) is 2. The molecule has 0 radical (unpaired) electrons. The first-order chi connectivity index (χ1) is 18.2. The summed E-state index contributed by atoms with van der Waals surface area (Å²) in [7, 11) is 0. The van der Waals surface area contributed by atoms with E-state index in [2.05, 4.69) is 5.32 Å². The van der Waals surface area contributed by atoms with Crippen LogP contribution in [0.4, 0.5) is 4.79 Å². The number of hydrogen-bond donors (Lipinski definition) is 1. The molecule has 1 aromatic heterocycles. The molecule has 3 heterocycles. The molecule has 1 saturated carbocycles. The fourth-order valence-corrected chi connectivity index (χ4v) is 5.63. The Morgan fingerprint density at radius 2 is 1.76 bits per heavy atom. The van der Waals surface area contributed by atoms with Crippen molar-refractivity contribution in [3.8, 4) is 5.88 Å². The number of alkyl carbamates (subject to hydrolysis) is 1. The summed E-state index contributed by atoms with van der Waals surface area (Å²) < 4.78 is 12.1. The molecule has 204 valence electrons. The smallest absolute Gasteiger partial charge is 0.408 e. The minimum absolute atomic E-state index is 0.102. The normalized spacial score (nSPS) is 30.7. The highest BCUT2D eigenvalue weighted by Gasteiger charge is 2.48. The standard InChI is InChI=1S/C29H38N4O5/c1-17-22(16-34)33-15-24(17)37-26-21(30-19-11-8-9-12-20(19)31-26)13-7-5-6-10-18-14-23(18)38-28(36)32-25(27(33)35)29(2,3)4/h8-9,11-12,16-18,22-25H,5-7,10,13-15H2,1-4H3,(H,32,36)/t17-,18+,22+,23+,24-,25+/m0/s1. The molecular formula is C29H38N4O5. The van der Waals surface area contributed by atoms with Crippen LogP contribution in [0.15, 0.2) is 24.3 Å². The number of rotatable bonds is 1. The number of amides is 2. The first kappa shape index (κ1) is 26.4. The number of aromatic nitrogens is 2. The number of nitrogens with zero attached hydrogens (tertiary/aromatic N) is 3. The fraction of sp³-hybridized carbons (Fsp3) is 0.621. The van der Waals surface area contributed by atoms with Gasteiger partial charge in [-0.3, -0.25) is 4.79 Å². The Labute approximate surface area is 223 Å². The van der Waals surface area contributed by atoms with Crippen molar-refractivity contribution < 1.29 is 23.9 Å². The molecule has 5 rings (SSSR count). The van der Waals surface area contributed by atoms with Crippen LogP contribution in [0.3, 0.4) is 0 Å². The van der Waals surface area contributed by atoms with Crippen LogP contribution in [0.1, 0.15) is 65.5 Å². The predicted octanol–water partition coefficient (Wildman–Crippen LogP) is 4.07. The molecule has 0 unspecified atom stereocenters. The van der Waals surface area contributed by atoms with Crippen LogP contribution in [0.5, 0.6) is 5.88 Å². The Morgan fingerprint density at radius 1 is 1.03 bits per heavy atom. The van der Waals surface area contributed by atoms with Crippen LogP contribution in [-0.4, -0.2) is 64.0 Å². The summed E-state index contributed by atoms with van der Waals surface area (Å²) >= 11 is 0. The number of aryl methyl sites for hydroxylation is 1. The van der Waals surface area contributed by atoms with Crippen molar-refractivity contribution in [2.24, 2.45) is 17.3 Å². The monoisotopic (exact) mass is 522 g/mol. The second kappa shape index (κ2) is 10.5. The molecule has 38 heavy (non-hydrogen) atoms. The van der Waals surface area contributed by atoms with Gasteiger partial charge in [-0.05, 0) is 49.1 Å². The third-order valence-electron chi connectivity index (χ3n) is 8.13. The molecule has 2 aromatic rings. The maximum absolute atomic E-state index is 13.8. The first-order valence-corrected chi connectivity index (χ1v) is 13.8. The lowest BCUT2D eigenvalue weighted by molar-refractivity contribution is -0.139. The molecule has 3 aliphatic rings. The molecule has 2 aliphatic heterocycles. The minimum atomic E-state index is -0.851. The molecule has 1 aromatic carbocycles. The Hall–Kier alpha value is -3.23. The van der Waals surface area contributed by atoms with Crippen LogP contribution in [0, 0.1) is 17.3 Å². The highest BCUT2D eigenvalue weighted by molar-refractivity contribution is 5.89. The van der Waals surface area contributed by atoms with Crippen molar-refractivity contribution in [1.82, 2.24) is 20.2 Å². The zero-order valence-corrected chi connectivity index (χ0v) is 22.7. The van der Waals surface area contributed by atoms with Gasteiger partial charge in [0.05, 0.1) is 23.6 Å². The highest BCUT2D eigenvalue weighted by atomic mass is 16.6. The van der Waals surface area contributed by atoms with Gasteiger partial charge in [-0.25, -0.2) is 14.8 Å². The topological polar surface area (TPSA) is 111 Å². The Morgan fingerprint density at radius 3 is 2.47 bits per heavy atom. The zero-order valence-electron chi connectivity index (χ0n) is 22.7. The third-order valence-corrected chi connectivity index (χ3v) is 8.13. The van der Waals surface area contributed by atoms with Crippen LogP contribution < -0.4 is 10.1 Å². The summed E-state index contributed by atoms with van der Waals surface area (Å²) in [5.41, 5.74) is 1.78. The van der Waals surface area contributed by atoms with E-state index in [-0.39, 0.29) is 24.5 Å². The molecule has 2 amide bonds. The third kappa shape index (κ3) is 5.47. The van der Waals surface area contributed by atoms with Gasteiger partial charge in [-0.2, -0.15) is 0 Å². The summed E-state index contributed by atoms with van der Waals surface area (Å²) in [6, 6.07) is 6.19. The fourth-order valence-electron chi connectivity index (χ4n) is 5.63. The molecular weight excluding hydrogens is 484 g/mol. The van der Waals surface area contributed by atoms with Gasteiger partial charge in [0.15, 0.2) is 0 Å². The maximum Gasteiger partial charge on any atom is 0.408 e. The number of nitrogens with one attached hydrogen (secondary N) is 1. The van der Waals surface area contributed by atoms with E-state index in [0.29, 0.717) is 11.8 Å². The van der Waals surface area contributed by atoms with Gasteiger partial charge < -0.3 is 24.5 Å². The maximum atomic E-state index is 13.8. The van der Waals surface area contributed by atoms with Crippen LogP contribution in [0.2, 0.25) is 0 Å². The van der Waals surface area contributed by atoms with E-state index in [1.807, 2.05) is 52.0 Å². The largest absolute Gasteiger partial charge is 0.471 e. The lowest BCUT2D eigenvalue weighted by Crippen LogP contribution is -2.56. The van der Waals surface area contributed by atoms with Gasteiger partial charge in [0.2, 0.25) is 11.8 Å². The van der Waals surface area contributed by atoms with Crippen molar-refractivity contribution in [1.29, 1.82) is 0 Å². The van der Waals surface area contributed by atoms with E-state index in [1.165, 1.54) is 4.90 Å². The zero-order chi connectivity index (χ0) is 27.0. The average molecular weight is 523 g/mol. The van der Waals surface area contributed by atoms with Crippen LogP contribution >= 0.6 is 0 Å². The molecule has 0 spiro atoms. The molecule has 2 bridgehead atoms. The number of hydrogen-bond acceptors (Lipinski definition) is 7. The average Bonchev–Trinajstić information content (AvgIpc) is 3.53. The second-order valence-electron chi connectivity index (χ2n) is 12.1. The highest BCUT2D eigenvalue weighted by Crippen LogP contribution is 2.39. The molecule has 6 atom stereocenters. The predicted molar refractivity (Wildman–Crippen MR) is 142 cm³/mol. The van der Waals surface area contributed by atoms with Gasteiger partial charge in [-0.1, -0.05) is 52.7 Å². The molecule has 1 aliphatic carbocycles. The molecule has 2 fully saturated rings. The van der Waals surface area contributed by atoms with Crippen molar-refractivity contribution in [2.75, 3.05) is 6.54 Å². The molecule has 1 N–H and O–H groups in total. The second-order valence-corrected chi connectivity index (χ2v) is 12.1. The number of aldehydes is 1. The van der Waals surface area contributed by atoms with Gasteiger partial charge in [0.1, 0.15) is 30.2 Å². The lowest BCUT2D eigenvalue weighted by atomic mass is 9.85. The van der Waals surface area contributed by atoms with E-state index < -0.39 is 29.7 Å². The SMILES string of the molecule is C[C@@H]1[C@@H]2CN(C(=O)[C@H](C(C)(C)C)NC(=O)O[C@@H]3C[C@H]3CCCCCc3nc4ccccc4nc3O2)[C@@H]1C=O. The Balaban J connectivity index is 1.48. The minimum Gasteiger partial charge on any atom is -0.471 e. The number of para-hydroxylation sites is 2.